The molecule has 7 nitrogen and oxygen atoms in total. The summed E-state index contributed by atoms with van der Waals surface area (Å²) in [5.41, 5.74) is 0.791. The third-order valence-electron chi connectivity index (χ3n) is 3.34. The number of benzene rings is 1. The van der Waals surface area contributed by atoms with E-state index in [0.717, 1.165) is 6.42 Å². The first-order chi connectivity index (χ1) is 9.34. The first-order valence-corrected chi connectivity index (χ1v) is 6.53. The maximum absolute atomic E-state index is 11.4. The smallest absolute Gasteiger partial charge is 0.302 e. The predicted octanol–water partition coefficient (Wildman–Crippen LogP) is 3.36. The maximum Gasteiger partial charge on any atom is 0.302 e. The quantitative estimate of drug-likeness (QED) is 0.589. The van der Waals surface area contributed by atoms with Gasteiger partial charge in [0.25, 0.3) is 5.69 Å². The molecule has 0 fully saturated rings. The summed E-state index contributed by atoms with van der Waals surface area (Å²) >= 11 is 0. The van der Waals surface area contributed by atoms with Crippen molar-refractivity contribution in [1.29, 1.82) is 0 Å². The molecule has 0 heterocycles. The fraction of sp³-hybridized carbons (Fsp3) is 0.538. The van der Waals surface area contributed by atoms with Crippen molar-refractivity contribution in [2.75, 3.05) is 18.0 Å². The molecular formula is C13H19N3O4. The van der Waals surface area contributed by atoms with E-state index in [1.807, 2.05) is 13.8 Å². The van der Waals surface area contributed by atoms with E-state index < -0.39 is 9.85 Å². The van der Waals surface area contributed by atoms with Crippen LogP contribution in [-0.2, 0) is 0 Å². The number of nitro groups is 2. The van der Waals surface area contributed by atoms with Gasteiger partial charge in [0, 0.05) is 24.7 Å². The summed E-state index contributed by atoms with van der Waals surface area (Å²) in [6.07, 6.45) is 0.759. The Labute approximate surface area is 117 Å². The molecule has 0 saturated heterocycles. The number of nitrogens with zero attached hydrogens (tertiary/aromatic N) is 3. The molecule has 0 saturated carbocycles. The second-order valence-electron chi connectivity index (χ2n) is 4.63. The minimum absolute atomic E-state index is 0.118. The summed E-state index contributed by atoms with van der Waals surface area (Å²) in [4.78, 5) is 23.2. The molecule has 0 atom stereocenters. The van der Waals surface area contributed by atoms with Crippen molar-refractivity contribution in [3.8, 4) is 0 Å². The second kappa shape index (κ2) is 6.31. The molecule has 0 aliphatic carbocycles. The highest BCUT2D eigenvalue weighted by atomic mass is 16.6. The molecule has 0 bridgehead atoms. The van der Waals surface area contributed by atoms with Gasteiger partial charge in [-0.25, -0.2) is 0 Å². The van der Waals surface area contributed by atoms with Crippen molar-refractivity contribution in [2.45, 2.75) is 34.1 Å². The van der Waals surface area contributed by atoms with Crippen LogP contribution in [-0.4, -0.2) is 22.9 Å². The van der Waals surface area contributed by atoms with Gasteiger partial charge in [0.15, 0.2) is 5.69 Å². The van der Waals surface area contributed by atoms with Crippen molar-refractivity contribution in [1.82, 2.24) is 0 Å². The van der Waals surface area contributed by atoms with E-state index in [1.165, 1.54) is 6.07 Å². The van der Waals surface area contributed by atoms with Gasteiger partial charge in [0.1, 0.15) is 0 Å². The zero-order valence-corrected chi connectivity index (χ0v) is 12.2. The van der Waals surface area contributed by atoms with Crippen molar-refractivity contribution in [2.24, 2.45) is 0 Å². The van der Waals surface area contributed by atoms with E-state index >= 15 is 0 Å². The molecule has 0 N–H and O–H groups in total. The predicted molar refractivity (Wildman–Crippen MR) is 77.4 cm³/mol. The lowest BCUT2D eigenvalue weighted by atomic mass is 10.0. The Morgan fingerprint density at radius 2 is 1.75 bits per heavy atom. The van der Waals surface area contributed by atoms with E-state index in [2.05, 4.69) is 0 Å². The van der Waals surface area contributed by atoms with E-state index in [4.69, 9.17) is 0 Å². The summed E-state index contributed by atoms with van der Waals surface area (Å²) in [5.74, 6) is 0. The Kier molecular flexibility index (Phi) is 5.01. The van der Waals surface area contributed by atoms with Gasteiger partial charge < -0.3 is 4.90 Å². The zero-order valence-electron chi connectivity index (χ0n) is 12.2. The molecule has 0 aliphatic rings. The summed E-state index contributed by atoms with van der Waals surface area (Å²) in [7, 11) is 0. The largest absolute Gasteiger partial charge is 0.361 e. The van der Waals surface area contributed by atoms with E-state index in [-0.39, 0.29) is 17.1 Å². The number of anilines is 1. The fourth-order valence-corrected chi connectivity index (χ4v) is 2.24. The van der Waals surface area contributed by atoms with Gasteiger partial charge in [0.05, 0.1) is 9.85 Å². The lowest BCUT2D eigenvalue weighted by molar-refractivity contribution is -0.393. The Balaban J connectivity index is 3.70. The molecule has 0 aromatic heterocycles. The number of hydrogen-bond donors (Lipinski definition) is 0. The Hall–Kier alpha value is -2.18. The van der Waals surface area contributed by atoms with Crippen LogP contribution in [0.3, 0.4) is 0 Å². The number of aryl methyl sites for hydroxylation is 1. The molecule has 20 heavy (non-hydrogen) atoms. The fourth-order valence-electron chi connectivity index (χ4n) is 2.24. The third kappa shape index (κ3) is 2.87. The molecule has 1 aromatic carbocycles. The van der Waals surface area contributed by atoms with E-state index in [9.17, 15) is 20.2 Å². The first-order valence-electron chi connectivity index (χ1n) is 6.53. The zero-order chi connectivity index (χ0) is 15.4. The average molecular weight is 281 g/mol. The minimum atomic E-state index is -0.549. The Morgan fingerprint density at radius 1 is 1.15 bits per heavy atom. The maximum atomic E-state index is 11.4. The average Bonchev–Trinajstić information content (AvgIpc) is 2.37. The highest BCUT2D eigenvalue weighted by Crippen LogP contribution is 2.41. The molecule has 0 spiro atoms. The summed E-state index contributed by atoms with van der Waals surface area (Å²) < 4.78 is 0. The van der Waals surface area contributed by atoms with Crippen molar-refractivity contribution in [3.63, 3.8) is 0 Å². The highest BCUT2D eigenvalue weighted by Gasteiger charge is 2.32. The van der Waals surface area contributed by atoms with Gasteiger partial charge in [-0.1, -0.05) is 6.92 Å². The number of hydrogen-bond acceptors (Lipinski definition) is 5. The van der Waals surface area contributed by atoms with Gasteiger partial charge >= 0.3 is 5.69 Å². The van der Waals surface area contributed by atoms with Crippen LogP contribution in [0.1, 0.15) is 31.4 Å². The van der Waals surface area contributed by atoms with Crippen molar-refractivity contribution < 1.29 is 9.85 Å². The summed E-state index contributed by atoms with van der Waals surface area (Å²) in [6.45, 7) is 8.06. The lowest BCUT2D eigenvalue weighted by Gasteiger charge is -2.23. The summed E-state index contributed by atoms with van der Waals surface area (Å²) in [5, 5.41) is 22.6. The van der Waals surface area contributed by atoms with Crippen LogP contribution in [0.4, 0.5) is 17.1 Å². The number of nitro benzene ring substituents is 2. The van der Waals surface area contributed by atoms with Crippen molar-refractivity contribution in [3.05, 3.63) is 37.4 Å². The van der Waals surface area contributed by atoms with Crippen LogP contribution in [0.15, 0.2) is 6.07 Å². The van der Waals surface area contributed by atoms with Gasteiger partial charge in [-0.15, -0.1) is 0 Å². The summed E-state index contributed by atoms with van der Waals surface area (Å²) in [6, 6.07) is 1.41. The molecule has 0 unspecified atom stereocenters. The molecule has 1 aromatic rings. The molecule has 7 heteroatoms. The highest BCUT2D eigenvalue weighted by molar-refractivity contribution is 5.78. The molecule has 1 rings (SSSR count). The lowest BCUT2D eigenvalue weighted by Crippen LogP contribution is -2.25. The van der Waals surface area contributed by atoms with Crippen LogP contribution in [0.5, 0.6) is 0 Å². The van der Waals surface area contributed by atoms with Crippen LogP contribution >= 0.6 is 0 Å². The van der Waals surface area contributed by atoms with Crippen LogP contribution in [0.2, 0.25) is 0 Å². The van der Waals surface area contributed by atoms with Gasteiger partial charge in [-0.3, -0.25) is 20.2 Å². The SMILES string of the molecule is CCCN(CC)c1c([N+](=O)[O-])cc(C)c(C)c1[N+](=O)[O-]. The van der Waals surface area contributed by atoms with Crippen LogP contribution in [0.25, 0.3) is 0 Å². The van der Waals surface area contributed by atoms with E-state index in [0.29, 0.717) is 24.2 Å². The normalized spacial score (nSPS) is 10.4. The van der Waals surface area contributed by atoms with Gasteiger partial charge in [-0.2, -0.15) is 0 Å². The molecule has 110 valence electrons. The monoisotopic (exact) mass is 281 g/mol. The second-order valence-corrected chi connectivity index (χ2v) is 4.63. The molecular weight excluding hydrogens is 262 g/mol. The molecule has 0 aliphatic heterocycles. The topological polar surface area (TPSA) is 89.5 Å². The number of rotatable bonds is 6. The van der Waals surface area contributed by atoms with Crippen LogP contribution < -0.4 is 4.90 Å². The first kappa shape index (κ1) is 15.9. The Bertz CT molecular complexity index is 543. The van der Waals surface area contributed by atoms with Gasteiger partial charge in [0.2, 0.25) is 0 Å². The standard InChI is InChI=1S/C13H19N3O4/c1-5-7-14(6-2)13-11(15(17)18)8-9(3)10(4)12(13)16(19)20/h8H,5-7H2,1-4H3. The third-order valence-corrected chi connectivity index (χ3v) is 3.34. The van der Waals surface area contributed by atoms with Gasteiger partial charge in [-0.05, 0) is 32.8 Å². The molecule has 0 radical (unpaired) electrons. The Morgan fingerprint density at radius 3 is 2.15 bits per heavy atom. The minimum Gasteiger partial charge on any atom is -0.361 e. The van der Waals surface area contributed by atoms with Crippen molar-refractivity contribution >= 4 is 17.1 Å². The van der Waals surface area contributed by atoms with Crippen LogP contribution in [0, 0.1) is 34.1 Å². The van der Waals surface area contributed by atoms with E-state index in [1.54, 1.807) is 18.7 Å². The molecule has 0 amide bonds.